The smallest absolute Gasteiger partial charge is 0.220 e. The summed E-state index contributed by atoms with van der Waals surface area (Å²) < 4.78 is 0. The molecule has 21 heavy (non-hydrogen) atoms. The normalized spacial score (nSPS) is 16.9. The Morgan fingerprint density at radius 1 is 1.33 bits per heavy atom. The lowest BCUT2D eigenvalue weighted by molar-refractivity contribution is -0.123. The van der Waals surface area contributed by atoms with Crippen LogP contribution < -0.4 is 10.6 Å². The van der Waals surface area contributed by atoms with Gasteiger partial charge in [0, 0.05) is 11.4 Å². The zero-order valence-corrected chi connectivity index (χ0v) is 14.0. The Morgan fingerprint density at radius 2 is 1.95 bits per heavy atom. The van der Waals surface area contributed by atoms with Crippen LogP contribution in [0.15, 0.2) is 24.3 Å². The molecule has 0 bridgehead atoms. The molecule has 1 aromatic rings. The average molecular weight is 331 g/mol. The highest BCUT2D eigenvalue weighted by Gasteiger charge is 2.19. The van der Waals surface area contributed by atoms with Gasteiger partial charge in [-0.1, -0.05) is 30.7 Å². The van der Waals surface area contributed by atoms with Crippen molar-refractivity contribution >= 4 is 29.9 Å². The molecule has 118 valence electrons. The van der Waals surface area contributed by atoms with Crippen molar-refractivity contribution in [3.63, 3.8) is 0 Å². The number of amides is 1. The number of carbonyl (C=O) groups excluding carboxylic acids is 1. The van der Waals surface area contributed by atoms with E-state index in [9.17, 15) is 4.79 Å². The predicted octanol–water partition coefficient (Wildman–Crippen LogP) is 3.72. The number of rotatable bonds is 5. The molecule has 0 saturated carbocycles. The number of carbonyl (C=O) groups is 1. The molecule has 0 radical (unpaired) electrons. The lowest BCUT2D eigenvalue weighted by atomic mass is 9.94. The Labute approximate surface area is 138 Å². The first-order valence-electron chi connectivity index (χ1n) is 7.44. The summed E-state index contributed by atoms with van der Waals surface area (Å²) in [5.74, 6) is 0.692. The van der Waals surface area contributed by atoms with Gasteiger partial charge in [0.2, 0.25) is 5.91 Å². The van der Waals surface area contributed by atoms with Gasteiger partial charge < -0.3 is 10.6 Å². The first kappa shape index (κ1) is 18.3. The molecule has 1 aliphatic rings. The number of halogens is 2. The van der Waals surface area contributed by atoms with E-state index in [1.807, 2.05) is 24.3 Å². The van der Waals surface area contributed by atoms with Crippen LogP contribution in [0.2, 0.25) is 5.02 Å². The van der Waals surface area contributed by atoms with Crippen LogP contribution in [-0.2, 0) is 4.79 Å². The van der Waals surface area contributed by atoms with Gasteiger partial charge in [0.25, 0.3) is 0 Å². The summed E-state index contributed by atoms with van der Waals surface area (Å²) in [6.07, 6.45) is 3.74. The Hall–Kier alpha value is -0.770. The second-order valence-electron chi connectivity index (χ2n) is 5.48. The lowest BCUT2D eigenvalue weighted by Gasteiger charge is -2.24. The highest BCUT2D eigenvalue weighted by atomic mass is 35.5. The highest BCUT2D eigenvalue weighted by Crippen LogP contribution is 2.21. The maximum Gasteiger partial charge on any atom is 0.220 e. The summed E-state index contributed by atoms with van der Waals surface area (Å²) in [5.41, 5.74) is 1.12. The number of hydrogen-bond acceptors (Lipinski definition) is 2. The zero-order chi connectivity index (χ0) is 14.4. The van der Waals surface area contributed by atoms with Crippen LogP contribution in [-0.4, -0.2) is 19.0 Å². The van der Waals surface area contributed by atoms with Crippen molar-refractivity contribution in [2.24, 2.45) is 5.92 Å². The van der Waals surface area contributed by atoms with E-state index < -0.39 is 0 Å². The molecule has 2 rings (SSSR count). The van der Waals surface area contributed by atoms with E-state index in [1.54, 1.807) is 0 Å². The quantitative estimate of drug-likeness (QED) is 0.863. The summed E-state index contributed by atoms with van der Waals surface area (Å²) >= 11 is 5.90. The van der Waals surface area contributed by atoms with Gasteiger partial charge in [-0.2, -0.15) is 0 Å². The second-order valence-corrected chi connectivity index (χ2v) is 5.91. The first-order chi connectivity index (χ1) is 9.69. The molecule has 0 spiro atoms. The second kappa shape index (κ2) is 9.29. The van der Waals surface area contributed by atoms with Crippen molar-refractivity contribution in [2.45, 2.75) is 38.6 Å². The summed E-state index contributed by atoms with van der Waals surface area (Å²) in [6.45, 7) is 4.16. The van der Waals surface area contributed by atoms with Crippen molar-refractivity contribution in [2.75, 3.05) is 13.1 Å². The standard InChI is InChI=1S/C16H23ClN2O.ClH/c1-2-15(13-3-5-14(17)6-4-13)19-16(20)11-12-7-9-18-10-8-12;/h3-6,12,15,18H,2,7-11H2,1H3,(H,19,20);1H. The Kier molecular flexibility index (Phi) is 8.09. The average Bonchev–Trinajstić information content (AvgIpc) is 2.47. The molecular weight excluding hydrogens is 307 g/mol. The number of piperidine rings is 1. The molecule has 1 unspecified atom stereocenters. The largest absolute Gasteiger partial charge is 0.349 e. The fourth-order valence-corrected chi connectivity index (χ4v) is 2.84. The molecule has 1 heterocycles. The topological polar surface area (TPSA) is 41.1 Å². The maximum absolute atomic E-state index is 12.2. The van der Waals surface area contributed by atoms with Gasteiger partial charge in [0.1, 0.15) is 0 Å². The van der Waals surface area contributed by atoms with Crippen molar-refractivity contribution in [1.82, 2.24) is 10.6 Å². The molecule has 5 heteroatoms. The first-order valence-corrected chi connectivity index (χ1v) is 7.82. The molecule has 1 saturated heterocycles. The fourth-order valence-electron chi connectivity index (χ4n) is 2.72. The minimum absolute atomic E-state index is 0. The van der Waals surface area contributed by atoms with Crippen LogP contribution in [0.25, 0.3) is 0 Å². The number of hydrogen-bond donors (Lipinski definition) is 2. The van der Waals surface area contributed by atoms with Crippen molar-refractivity contribution in [3.8, 4) is 0 Å². The van der Waals surface area contributed by atoms with Crippen LogP contribution in [0, 0.1) is 5.92 Å². The molecule has 1 fully saturated rings. The summed E-state index contributed by atoms with van der Waals surface area (Å²) in [6, 6.07) is 7.81. The van der Waals surface area contributed by atoms with Gasteiger partial charge in [0.05, 0.1) is 6.04 Å². The predicted molar refractivity (Wildman–Crippen MR) is 90.1 cm³/mol. The van der Waals surface area contributed by atoms with E-state index in [2.05, 4.69) is 17.6 Å². The number of benzene rings is 1. The van der Waals surface area contributed by atoms with Crippen LogP contribution in [0.5, 0.6) is 0 Å². The van der Waals surface area contributed by atoms with Crippen LogP contribution in [0.1, 0.15) is 44.2 Å². The molecule has 1 aromatic carbocycles. The van der Waals surface area contributed by atoms with E-state index in [1.165, 1.54) is 0 Å². The lowest BCUT2D eigenvalue weighted by Crippen LogP contribution is -2.33. The van der Waals surface area contributed by atoms with Crippen LogP contribution in [0.4, 0.5) is 0 Å². The van der Waals surface area contributed by atoms with Crippen LogP contribution in [0.3, 0.4) is 0 Å². The third kappa shape index (κ3) is 5.85. The zero-order valence-electron chi connectivity index (χ0n) is 12.4. The molecule has 2 N–H and O–H groups in total. The molecular formula is C16H24Cl2N2O. The monoisotopic (exact) mass is 330 g/mol. The van der Waals surface area contributed by atoms with E-state index in [0.29, 0.717) is 12.3 Å². The van der Waals surface area contributed by atoms with Crippen molar-refractivity contribution in [1.29, 1.82) is 0 Å². The SMILES string of the molecule is CCC(NC(=O)CC1CCNCC1)c1ccc(Cl)cc1.Cl. The van der Waals surface area contributed by atoms with Gasteiger partial charge in [0.15, 0.2) is 0 Å². The summed E-state index contributed by atoms with van der Waals surface area (Å²) in [4.78, 5) is 12.2. The van der Waals surface area contributed by atoms with E-state index >= 15 is 0 Å². The molecule has 0 aliphatic carbocycles. The molecule has 1 aliphatic heterocycles. The molecule has 1 atom stereocenters. The number of nitrogens with one attached hydrogen (secondary N) is 2. The third-order valence-corrected chi connectivity index (χ3v) is 4.20. The molecule has 1 amide bonds. The van der Waals surface area contributed by atoms with Crippen molar-refractivity contribution < 1.29 is 4.79 Å². The van der Waals surface area contributed by atoms with Gasteiger partial charge >= 0.3 is 0 Å². The maximum atomic E-state index is 12.2. The highest BCUT2D eigenvalue weighted by molar-refractivity contribution is 6.30. The Morgan fingerprint density at radius 3 is 2.52 bits per heavy atom. The van der Waals surface area contributed by atoms with Crippen molar-refractivity contribution in [3.05, 3.63) is 34.9 Å². The molecule has 3 nitrogen and oxygen atoms in total. The molecule has 0 aromatic heterocycles. The summed E-state index contributed by atoms with van der Waals surface area (Å²) in [7, 11) is 0. The minimum Gasteiger partial charge on any atom is -0.349 e. The van der Waals surface area contributed by atoms with E-state index in [0.717, 1.165) is 42.9 Å². The van der Waals surface area contributed by atoms with E-state index in [4.69, 9.17) is 11.6 Å². The van der Waals surface area contributed by atoms with Gasteiger partial charge in [-0.25, -0.2) is 0 Å². The fraction of sp³-hybridized carbons (Fsp3) is 0.562. The van der Waals surface area contributed by atoms with Gasteiger partial charge in [-0.3, -0.25) is 4.79 Å². The van der Waals surface area contributed by atoms with E-state index in [-0.39, 0.29) is 24.4 Å². The van der Waals surface area contributed by atoms with Gasteiger partial charge in [-0.15, -0.1) is 12.4 Å². The van der Waals surface area contributed by atoms with Crippen LogP contribution >= 0.6 is 24.0 Å². The Balaban J connectivity index is 0.00000220. The third-order valence-electron chi connectivity index (χ3n) is 3.95. The minimum atomic E-state index is 0. The van der Waals surface area contributed by atoms with Gasteiger partial charge in [-0.05, 0) is 56.0 Å². The summed E-state index contributed by atoms with van der Waals surface area (Å²) in [5, 5.41) is 7.20. The Bertz CT molecular complexity index is 430.